The minimum Gasteiger partial charge on any atom is -0.321 e. The van der Waals surface area contributed by atoms with Crippen LogP contribution in [0.15, 0.2) is 59.9 Å². The van der Waals surface area contributed by atoms with Crippen molar-refractivity contribution in [3.05, 3.63) is 66.4 Å². The molecule has 2 heterocycles. The van der Waals surface area contributed by atoms with Crippen molar-refractivity contribution < 1.29 is 4.79 Å². The number of rotatable bonds is 4. The summed E-state index contributed by atoms with van der Waals surface area (Å²) in [6, 6.07) is 11.2. The summed E-state index contributed by atoms with van der Waals surface area (Å²) in [7, 11) is 0. The highest BCUT2D eigenvalue weighted by atomic mass is 32.2. The molecule has 0 unspecified atom stereocenters. The topological polar surface area (TPSA) is 59.8 Å². The predicted molar refractivity (Wildman–Crippen MR) is 92.3 cm³/mol. The number of nitrogens with one attached hydrogen (secondary N) is 1. The lowest BCUT2D eigenvalue weighted by Crippen LogP contribution is -2.13. The van der Waals surface area contributed by atoms with Gasteiger partial charge in [0.15, 0.2) is 0 Å². The van der Waals surface area contributed by atoms with Gasteiger partial charge in [-0.25, -0.2) is 9.97 Å². The summed E-state index contributed by atoms with van der Waals surface area (Å²) in [6.07, 6.45) is 7.18. The Morgan fingerprint density at radius 1 is 1.17 bits per heavy atom. The monoisotopic (exact) mass is 324 g/mol. The van der Waals surface area contributed by atoms with E-state index in [0.29, 0.717) is 11.3 Å². The number of amides is 1. The van der Waals surface area contributed by atoms with Crippen LogP contribution >= 0.6 is 11.8 Å². The number of hydrogen-bond acceptors (Lipinski definition) is 4. The summed E-state index contributed by atoms with van der Waals surface area (Å²) in [6.45, 7) is 1.91. The molecule has 0 atom stereocenters. The molecule has 0 radical (unpaired) electrons. The predicted octanol–water partition coefficient (Wildman–Crippen LogP) is 3.55. The summed E-state index contributed by atoms with van der Waals surface area (Å²) >= 11 is 1.55. The smallest absolute Gasteiger partial charge is 0.256 e. The number of thioether (sulfide) groups is 1. The first-order valence-electron chi connectivity index (χ1n) is 7.10. The first kappa shape index (κ1) is 15.3. The van der Waals surface area contributed by atoms with E-state index in [1.165, 1.54) is 0 Å². The molecular formula is C17H16N4OS. The van der Waals surface area contributed by atoms with E-state index in [9.17, 15) is 4.79 Å². The fraction of sp³-hybridized carbons (Fsp3) is 0.118. The van der Waals surface area contributed by atoms with Crippen molar-refractivity contribution in [1.82, 2.24) is 14.5 Å². The van der Waals surface area contributed by atoms with Crippen molar-refractivity contribution in [2.75, 3.05) is 11.6 Å². The van der Waals surface area contributed by atoms with Crippen LogP contribution < -0.4 is 5.32 Å². The molecule has 1 aromatic carbocycles. The number of nitrogens with zero attached hydrogens (tertiary/aromatic N) is 3. The molecule has 3 rings (SSSR count). The van der Waals surface area contributed by atoms with Gasteiger partial charge in [-0.3, -0.25) is 9.36 Å². The van der Waals surface area contributed by atoms with Crippen LogP contribution in [0.3, 0.4) is 0 Å². The zero-order chi connectivity index (χ0) is 16.2. The summed E-state index contributed by atoms with van der Waals surface area (Å²) in [4.78, 5) is 21.9. The Hall–Kier alpha value is -2.60. The van der Waals surface area contributed by atoms with Crippen molar-refractivity contribution in [3.8, 4) is 5.82 Å². The molecule has 23 heavy (non-hydrogen) atoms. The molecule has 0 bridgehead atoms. The van der Waals surface area contributed by atoms with Gasteiger partial charge in [0, 0.05) is 17.3 Å². The third-order valence-corrected chi connectivity index (χ3v) is 4.23. The van der Waals surface area contributed by atoms with Crippen LogP contribution in [0.4, 0.5) is 5.69 Å². The van der Waals surface area contributed by atoms with Gasteiger partial charge in [0.05, 0.1) is 17.4 Å². The number of pyridine rings is 1. The molecule has 3 aromatic rings. The third-order valence-electron chi connectivity index (χ3n) is 3.43. The molecule has 116 valence electrons. The number of aryl methyl sites for hydroxylation is 1. The fourth-order valence-corrected chi connectivity index (χ4v) is 2.85. The van der Waals surface area contributed by atoms with Gasteiger partial charge >= 0.3 is 0 Å². The van der Waals surface area contributed by atoms with E-state index in [1.807, 2.05) is 60.3 Å². The highest BCUT2D eigenvalue weighted by Gasteiger charge is 2.11. The molecule has 1 N–H and O–H groups in total. The summed E-state index contributed by atoms with van der Waals surface area (Å²) in [5.74, 6) is 1.49. The minimum absolute atomic E-state index is 0.136. The van der Waals surface area contributed by atoms with Crippen molar-refractivity contribution in [1.29, 1.82) is 0 Å². The number of aromatic nitrogens is 3. The lowest BCUT2D eigenvalue weighted by molar-refractivity contribution is 0.102. The molecular weight excluding hydrogens is 308 g/mol. The van der Waals surface area contributed by atoms with Gasteiger partial charge in [-0.15, -0.1) is 11.8 Å². The van der Waals surface area contributed by atoms with Gasteiger partial charge in [-0.1, -0.05) is 12.1 Å². The first-order chi connectivity index (χ1) is 11.2. The maximum atomic E-state index is 12.4. The van der Waals surface area contributed by atoms with Gasteiger partial charge in [0.2, 0.25) is 0 Å². The Morgan fingerprint density at radius 3 is 2.65 bits per heavy atom. The molecule has 1 amide bonds. The van der Waals surface area contributed by atoms with Gasteiger partial charge in [0.1, 0.15) is 11.6 Å². The number of carbonyl (C=O) groups is 1. The standard InChI is InChI=1S/C17H16N4OS/c1-12-18-9-10-21(12)16-8-7-13(11-19-16)20-17(22)14-5-3-4-6-15(14)23-2/h3-11H,1-2H3,(H,20,22). The van der Waals surface area contributed by atoms with Gasteiger partial charge < -0.3 is 5.32 Å². The van der Waals surface area contributed by atoms with Crippen molar-refractivity contribution >= 4 is 23.4 Å². The summed E-state index contributed by atoms with van der Waals surface area (Å²) < 4.78 is 1.88. The second kappa shape index (κ2) is 6.66. The number of carbonyl (C=O) groups excluding carboxylic acids is 1. The Bertz CT molecular complexity index is 827. The Labute approximate surface area is 138 Å². The third kappa shape index (κ3) is 3.27. The lowest BCUT2D eigenvalue weighted by Gasteiger charge is -2.09. The van der Waals surface area contributed by atoms with E-state index in [1.54, 1.807) is 24.2 Å². The van der Waals surface area contributed by atoms with E-state index in [4.69, 9.17) is 0 Å². The van der Waals surface area contributed by atoms with Gasteiger partial charge in [-0.05, 0) is 37.4 Å². The highest BCUT2D eigenvalue weighted by molar-refractivity contribution is 7.98. The molecule has 6 heteroatoms. The van der Waals surface area contributed by atoms with Gasteiger partial charge in [-0.2, -0.15) is 0 Å². The molecule has 0 spiro atoms. The maximum absolute atomic E-state index is 12.4. The zero-order valence-corrected chi connectivity index (χ0v) is 13.7. The summed E-state index contributed by atoms with van der Waals surface area (Å²) in [5, 5.41) is 2.88. The molecule has 0 aliphatic heterocycles. The zero-order valence-electron chi connectivity index (χ0n) is 12.9. The molecule has 5 nitrogen and oxygen atoms in total. The number of hydrogen-bond donors (Lipinski definition) is 1. The van der Waals surface area contributed by atoms with Crippen LogP contribution in [0.1, 0.15) is 16.2 Å². The average molecular weight is 324 g/mol. The van der Waals surface area contributed by atoms with Crippen molar-refractivity contribution in [2.24, 2.45) is 0 Å². The van der Waals surface area contributed by atoms with Crippen molar-refractivity contribution in [2.45, 2.75) is 11.8 Å². The summed E-state index contributed by atoms with van der Waals surface area (Å²) in [5.41, 5.74) is 1.32. The minimum atomic E-state index is -0.136. The van der Waals surface area contributed by atoms with E-state index in [-0.39, 0.29) is 5.91 Å². The van der Waals surface area contributed by atoms with Crippen LogP contribution in [0.5, 0.6) is 0 Å². The fourth-order valence-electron chi connectivity index (χ4n) is 2.25. The average Bonchev–Trinajstić information content (AvgIpc) is 3.01. The Balaban J connectivity index is 1.78. The van der Waals surface area contributed by atoms with E-state index < -0.39 is 0 Å². The Morgan fingerprint density at radius 2 is 2.00 bits per heavy atom. The maximum Gasteiger partial charge on any atom is 0.256 e. The molecule has 0 saturated carbocycles. The van der Waals surface area contributed by atoms with Crippen LogP contribution in [-0.4, -0.2) is 26.7 Å². The number of benzene rings is 1. The lowest BCUT2D eigenvalue weighted by atomic mass is 10.2. The van der Waals surface area contributed by atoms with Crippen molar-refractivity contribution in [3.63, 3.8) is 0 Å². The number of imidazole rings is 1. The Kier molecular flexibility index (Phi) is 4.43. The largest absolute Gasteiger partial charge is 0.321 e. The van der Waals surface area contributed by atoms with Crippen LogP contribution in [0.2, 0.25) is 0 Å². The second-order valence-corrected chi connectivity index (χ2v) is 5.75. The first-order valence-corrected chi connectivity index (χ1v) is 8.32. The van der Waals surface area contributed by atoms with E-state index >= 15 is 0 Å². The molecule has 0 saturated heterocycles. The molecule has 2 aromatic heterocycles. The SMILES string of the molecule is CSc1ccccc1C(=O)Nc1ccc(-n2ccnc2C)nc1. The normalized spacial score (nSPS) is 10.5. The van der Waals surface area contributed by atoms with Crippen LogP contribution in [-0.2, 0) is 0 Å². The van der Waals surface area contributed by atoms with Crippen LogP contribution in [0.25, 0.3) is 5.82 Å². The number of anilines is 1. The van der Waals surface area contributed by atoms with Crippen LogP contribution in [0, 0.1) is 6.92 Å². The quantitative estimate of drug-likeness (QED) is 0.746. The second-order valence-electron chi connectivity index (χ2n) is 4.90. The molecule has 0 aliphatic rings. The highest BCUT2D eigenvalue weighted by Crippen LogP contribution is 2.21. The molecule has 0 aliphatic carbocycles. The van der Waals surface area contributed by atoms with E-state index in [2.05, 4.69) is 15.3 Å². The molecule has 0 fully saturated rings. The van der Waals surface area contributed by atoms with Gasteiger partial charge in [0.25, 0.3) is 5.91 Å². The van der Waals surface area contributed by atoms with E-state index in [0.717, 1.165) is 16.5 Å².